The Bertz CT molecular complexity index is 1400. The zero-order chi connectivity index (χ0) is 25.0. The highest BCUT2D eigenvalue weighted by Gasteiger charge is 2.24. The number of hydrogen-bond acceptors (Lipinski definition) is 10. The SMILES string of the molecule is CCCN(CCO)c1nc(-c2cccc(NS(=O)(=O)c3ccoc3)c2Cl)c(-c2ccnc(N)n2)s1. The molecular formula is C22H23ClN6O4S2. The first-order valence-electron chi connectivity index (χ1n) is 10.6. The summed E-state index contributed by atoms with van der Waals surface area (Å²) in [6.45, 7) is 3.11. The average molecular weight is 535 g/mol. The van der Waals surface area contributed by atoms with Gasteiger partial charge < -0.3 is 20.2 Å². The van der Waals surface area contributed by atoms with E-state index in [1.165, 1.54) is 23.7 Å². The fourth-order valence-corrected chi connectivity index (χ4v) is 5.81. The van der Waals surface area contributed by atoms with Crippen LogP contribution < -0.4 is 15.4 Å². The lowest BCUT2D eigenvalue weighted by molar-refractivity contribution is 0.302. The molecule has 13 heteroatoms. The molecule has 0 atom stereocenters. The van der Waals surface area contributed by atoms with Gasteiger partial charge in [-0.05, 0) is 24.6 Å². The number of rotatable bonds is 10. The Balaban J connectivity index is 1.83. The molecule has 0 saturated heterocycles. The van der Waals surface area contributed by atoms with E-state index >= 15 is 0 Å². The molecule has 0 fully saturated rings. The molecule has 184 valence electrons. The molecule has 0 bridgehead atoms. The standard InChI is InChI=1S/C22H23ClN6O4S2/c1-2-9-29(10-11-30)22-27-19(20(34-22)17-6-8-25-21(24)26-17)15-4-3-5-16(18(15)23)28-35(31,32)14-7-12-33-13-14/h3-8,12-13,28,30H,2,9-11H2,1H3,(H2,24,25,26). The third-order valence-electron chi connectivity index (χ3n) is 4.96. The fraction of sp³-hybridized carbons (Fsp3) is 0.227. The molecule has 0 aliphatic rings. The molecule has 0 aliphatic carbocycles. The summed E-state index contributed by atoms with van der Waals surface area (Å²) in [5.41, 5.74) is 7.59. The van der Waals surface area contributed by atoms with Crippen LogP contribution in [-0.2, 0) is 10.0 Å². The average Bonchev–Trinajstić information content (AvgIpc) is 3.51. The van der Waals surface area contributed by atoms with Crippen molar-refractivity contribution in [1.82, 2.24) is 15.0 Å². The lowest BCUT2D eigenvalue weighted by atomic mass is 10.1. The number of nitrogens with two attached hydrogens (primary N) is 1. The summed E-state index contributed by atoms with van der Waals surface area (Å²) in [6.07, 6.45) is 4.82. The molecule has 0 saturated carbocycles. The minimum absolute atomic E-state index is 0.0220. The number of thiazole rings is 1. The molecule has 4 rings (SSSR count). The third-order valence-corrected chi connectivity index (χ3v) is 7.85. The number of sulfonamides is 1. The molecule has 0 spiro atoms. The molecule has 1 aromatic carbocycles. The Morgan fingerprint density at radius 2 is 2.06 bits per heavy atom. The number of benzene rings is 1. The van der Waals surface area contributed by atoms with E-state index in [2.05, 4.69) is 14.7 Å². The van der Waals surface area contributed by atoms with Gasteiger partial charge in [-0.2, -0.15) is 0 Å². The molecule has 4 aromatic rings. The van der Waals surface area contributed by atoms with Gasteiger partial charge in [0, 0.05) is 24.8 Å². The van der Waals surface area contributed by atoms with E-state index in [9.17, 15) is 13.5 Å². The second kappa shape index (κ2) is 10.6. The van der Waals surface area contributed by atoms with Crippen molar-refractivity contribution < 1.29 is 17.9 Å². The van der Waals surface area contributed by atoms with E-state index in [-0.39, 0.29) is 28.2 Å². The number of nitrogens with one attached hydrogen (secondary N) is 1. The molecule has 0 aliphatic heterocycles. The highest BCUT2D eigenvalue weighted by atomic mass is 35.5. The number of hydrogen-bond donors (Lipinski definition) is 3. The number of nitrogen functional groups attached to an aromatic ring is 1. The van der Waals surface area contributed by atoms with E-state index in [4.69, 9.17) is 26.7 Å². The van der Waals surface area contributed by atoms with Crippen molar-refractivity contribution in [2.75, 3.05) is 35.1 Å². The monoisotopic (exact) mass is 534 g/mol. The van der Waals surface area contributed by atoms with E-state index in [0.29, 0.717) is 40.0 Å². The topological polar surface area (TPSA) is 147 Å². The fourth-order valence-electron chi connectivity index (χ4n) is 3.40. The zero-order valence-corrected chi connectivity index (χ0v) is 21.1. The highest BCUT2D eigenvalue weighted by Crippen LogP contribution is 2.44. The number of aliphatic hydroxyl groups is 1. The molecule has 0 radical (unpaired) electrons. The summed E-state index contributed by atoms with van der Waals surface area (Å²) >= 11 is 8.09. The van der Waals surface area contributed by atoms with Gasteiger partial charge in [0.2, 0.25) is 5.95 Å². The molecule has 3 aromatic heterocycles. The summed E-state index contributed by atoms with van der Waals surface area (Å²) in [5.74, 6) is 0.108. The van der Waals surface area contributed by atoms with Crippen molar-refractivity contribution in [3.05, 3.63) is 54.1 Å². The van der Waals surface area contributed by atoms with E-state index in [0.717, 1.165) is 12.7 Å². The second-order valence-electron chi connectivity index (χ2n) is 7.42. The van der Waals surface area contributed by atoms with E-state index in [1.54, 1.807) is 30.5 Å². The van der Waals surface area contributed by atoms with Gasteiger partial charge in [0.15, 0.2) is 5.13 Å². The second-order valence-corrected chi connectivity index (χ2v) is 10.5. The van der Waals surface area contributed by atoms with Crippen molar-refractivity contribution in [2.24, 2.45) is 0 Å². The Labute approximate surface area is 211 Å². The number of halogens is 1. The summed E-state index contributed by atoms with van der Waals surface area (Å²) < 4.78 is 32.8. The van der Waals surface area contributed by atoms with Crippen LogP contribution in [0, 0.1) is 0 Å². The number of anilines is 3. The lowest BCUT2D eigenvalue weighted by Gasteiger charge is -2.19. The largest absolute Gasteiger partial charge is 0.471 e. The van der Waals surface area contributed by atoms with Crippen molar-refractivity contribution in [1.29, 1.82) is 0 Å². The van der Waals surface area contributed by atoms with Gasteiger partial charge in [0.05, 0.1) is 39.8 Å². The van der Waals surface area contributed by atoms with Gasteiger partial charge >= 0.3 is 0 Å². The van der Waals surface area contributed by atoms with Crippen LogP contribution in [-0.4, -0.2) is 48.2 Å². The van der Waals surface area contributed by atoms with Gasteiger partial charge in [-0.1, -0.05) is 42.0 Å². The van der Waals surface area contributed by atoms with Gasteiger partial charge in [-0.3, -0.25) is 4.72 Å². The van der Waals surface area contributed by atoms with E-state index < -0.39 is 10.0 Å². The smallest absolute Gasteiger partial charge is 0.265 e. The van der Waals surface area contributed by atoms with Gasteiger partial charge in [0.1, 0.15) is 11.2 Å². The Kier molecular flexibility index (Phi) is 7.55. The first-order chi connectivity index (χ1) is 16.8. The number of aliphatic hydroxyl groups excluding tert-OH is 1. The van der Waals surface area contributed by atoms with Crippen LogP contribution in [0.15, 0.2) is 58.4 Å². The van der Waals surface area contributed by atoms with Gasteiger partial charge in [-0.15, -0.1) is 0 Å². The summed E-state index contributed by atoms with van der Waals surface area (Å²) in [4.78, 5) is 15.8. The summed E-state index contributed by atoms with van der Waals surface area (Å²) in [6, 6.07) is 8.05. The minimum atomic E-state index is -3.90. The van der Waals surface area contributed by atoms with Gasteiger partial charge in [0.25, 0.3) is 10.0 Å². The Morgan fingerprint density at radius 1 is 1.23 bits per heavy atom. The summed E-state index contributed by atoms with van der Waals surface area (Å²) in [7, 11) is -3.90. The predicted molar refractivity (Wildman–Crippen MR) is 137 cm³/mol. The molecule has 4 N–H and O–H groups in total. The lowest BCUT2D eigenvalue weighted by Crippen LogP contribution is -2.27. The number of aromatic nitrogens is 3. The van der Waals surface area contributed by atoms with Crippen molar-refractivity contribution in [3.63, 3.8) is 0 Å². The maximum atomic E-state index is 12.7. The van der Waals surface area contributed by atoms with Crippen LogP contribution in [0.2, 0.25) is 5.02 Å². The van der Waals surface area contributed by atoms with Crippen molar-refractivity contribution >= 4 is 49.7 Å². The molecule has 35 heavy (non-hydrogen) atoms. The van der Waals surface area contributed by atoms with Crippen LogP contribution in [0.5, 0.6) is 0 Å². The van der Waals surface area contributed by atoms with Crippen LogP contribution in [0.4, 0.5) is 16.8 Å². The molecule has 3 heterocycles. The predicted octanol–water partition coefficient (Wildman–Crippen LogP) is 4.11. The van der Waals surface area contributed by atoms with Crippen molar-refractivity contribution in [2.45, 2.75) is 18.2 Å². The van der Waals surface area contributed by atoms with Gasteiger partial charge in [-0.25, -0.2) is 23.4 Å². The third kappa shape index (κ3) is 5.40. The zero-order valence-electron chi connectivity index (χ0n) is 18.7. The minimum Gasteiger partial charge on any atom is -0.471 e. The highest BCUT2D eigenvalue weighted by molar-refractivity contribution is 7.92. The number of furan rings is 1. The maximum Gasteiger partial charge on any atom is 0.265 e. The quantitative estimate of drug-likeness (QED) is 0.273. The first-order valence-corrected chi connectivity index (χ1v) is 13.3. The molecule has 0 unspecified atom stereocenters. The molecule has 10 nitrogen and oxygen atoms in total. The molecular weight excluding hydrogens is 512 g/mol. The summed E-state index contributed by atoms with van der Waals surface area (Å²) in [5, 5.41) is 10.4. The number of nitrogens with zero attached hydrogens (tertiary/aromatic N) is 4. The van der Waals surface area contributed by atoms with Crippen molar-refractivity contribution in [3.8, 4) is 21.8 Å². The van der Waals surface area contributed by atoms with Crippen LogP contribution in [0.3, 0.4) is 0 Å². The van der Waals surface area contributed by atoms with Crippen LogP contribution >= 0.6 is 22.9 Å². The van der Waals surface area contributed by atoms with E-state index in [1.807, 2.05) is 11.8 Å². The molecule has 0 amide bonds. The Morgan fingerprint density at radius 3 is 2.74 bits per heavy atom. The first kappa shape index (κ1) is 24.9. The van der Waals surface area contributed by atoms with Crippen LogP contribution in [0.25, 0.3) is 21.8 Å². The van der Waals surface area contributed by atoms with Crippen LogP contribution in [0.1, 0.15) is 13.3 Å². The Hall–Kier alpha value is -3.19. The normalized spacial score (nSPS) is 11.5. The maximum absolute atomic E-state index is 12.7.